The van der Waals surface area contributed by atoms with E-state index >= 15 is 0 Å². The van der Waals surface area contributed by atoms with Gasteiger partial charge in [-0.15, -0.1) is 11.3 Å². The lowest BCUT2D eigenvalue weighted by atomic mass is 10.1. The molecule has 1 aliphatic heterocycles. The van der Waals surface area contributed by atoms with Crippen molar-refractivity contribution in [2.75, 3.05) is 5.32 Å². The third kappa shape index (κ3) is 3.17. The van der Waals surface area contributed by atoms with Crippen molar-refractivity contribution in [1.29, 1.82) is 0 Å². The molecule has 1 fully saturated rings. The first-order valence-electron chi connectivity index (χ1n) is 8.19. The molecule has 7 nitrogen and oxygen atoms in total. The Balaban J connectivity index is 1.59. The maximum absolute atomic E-state index is 12.3. The standard InChI is InChI=1S/C17H17N5O2S/c1-10-8-14(19-15(23)9-11-4-3-7-25-11)22(21-10)17-18-13-6-2-5-12(13)16(24)20-17/h3-4,7-8,12H,2,5-6,9H2,1H3,(H,19,23). The highest BCUT2D eigenvalue weighted by Crippen LogP contribution is 2.27. The van der Waals surface area contributed by atoms with Crippen molar-refractivity contribution in [2.45, 2.75) is 32.6 Å². The first-order chi connectivity index (χ1) is 12.1. The summed E-state index contributed by atoms with van der Waals surface area (Å²) in [6, 6.07) is 5.58. The van der Waals surface area contributed by atoms with Crippen molar-refractivity contribution in [3.05, 3.63) is 34.2 Å². The molecule has 1 N–H and O–H groups in total. The number of aliphatic imine (C=N–C) groups is 2. The Morgan fingerprint density at radius 2 is 2.32 bits per heavy atom. The zero-order valence-corrected chi connectivity index (χ0v) is 14.5. The molecule has 2 aromatic rings. The Hall–Kier alpha value is -2.61. The van der Waals surface area contributed by atoms with Crippen molar-refractivity contribution in [1.82, 2.24) is 9.78 Å². The van der Waals surface area contributed by atoms with Crippen LogP contribution in [0.5, 0.6) is 0 Å². The molecule has 2 aliphatic rings. The van der Waals surface area contributed by atoms with E-state index in [2.05, 4.69) is 20.4 Å². The van der Waals surface area contributed by atoms with E-state index in [0.717, 1.165) is 35.5 Å². The summed E-state index contributed by atoms with van der Waals surface area (Å²) in [5.41, 5.74) is 1.59. The quantitative estimate of drug-likeness (QED) is 0.917. The molecule has 8 heteroatoms. The summed E-state index contributed by atoms with van der Waals surface area (Å²) in [5, 5.41) is 9.13. The van der Waals surface area contributed by atoms with E-state index in [0.29, 0.717) is 12.2 Å². The largest absolute Gasteiger partial charge is 0.310 e. The Morgan fingerprint density at radius 3 is 3.12 bits per heavy atom. The summed E-state index contributed by atoms with van der Waals surface area (Å²) in [5.74, 6) is 0.237. The molecular formula is C17H17N5O2S. The van der Waals surface area contributed by atoms with Crippen LogP contribution in [0.4, 0.5) is 5.82 Å². The lowest BCUT2D eigenvalue weighted by Gasteiger charge is -2.15. The minimum absolute atomic E-state index is 0.141. The van der Waals surface area contributed by atoms with Crippen molar-refractivity contribution < 1.29 is 9.59 Å². The zero-order valence-electron chi connectivity index (χ0n) is 13.7. The van der Waals surface area contributed by atoms with Crippen LogP contribution >= 0.6 is 11.3 Å². The van der Waals surface area contributed by atoms with E-state index in [9.17, 15) is 9.59 Å². The molecule has 0 bridgehead atoms. The average molecular weight is 355 g/mol. The molecule has 1 unspecified atom stereocenters. The van der Waals surface area contributed by atoms with E-state index in [1.165, 1.54) is 16.0 Å². The van der Waals surface area contributed by atoms with Crippen molar-refractivity contribution in [3.8, 4) is 0 Å². The number of rotatable bonds is 3. The van der Waals surface area contributed by atoms with Crippen LogP contribution in [-0.2, 0) is 16.0 Å². The van der Waals surface area contributed by atoms with Crippen LogP contribution in [-0.4, -0.2) is 33.3 Å². The second kappa shape index (κ2) is 6.36. The number of nitrogens with one attached hydrogen (secondary N) is 1. The second-order valence-electron chi connectivity index (χ2n) is 6.19. The number of thiophene rings is 1. The van der Waals surface area contributed by atoms with Gasteiger partial charge in [-0.05, 0) is 37.6 Å². The number of hydrogen-bond acceptors (Lipinski definition) is 5. The summed E-state index contributed by atoms with van der Waals surface area (Å²) in [6.45, 7) is 1.82. The van der Waals surface area contributed by atoms with Gasteiger partial charge in [-0.2, -0.15) is 14.8 Å². The second-order valence-corrected chi connectivity index (χ2v) is 7.22. The van der Waals surface area contributed by atoms with Crippen LogP contribution in [0.1, 0.15) is 29.8 Å². The fourth-order valence-corrected chi connectivity index (χ4v) is 3.86. The number of aryl methyl sites for hydroxylation is 1. The number of amides is 2. The predicted octanol–water partition coefficient (Wildman–Crippen LogP) is 2.42. The molecule has 1 aliphatic carbocycles. The number of anilines is 1. The topological polar surface area (TPSA) is 88.7 Å². The number of nitrogens with zero attached hydrogens (tertiary/aromatic N) is 4. The Labute approximate surface area is 148 Å². The third-order valence-electron chi connectivity index (χ3n) is 4.28. The molecule has 1 atom stereocenters. The van der Waals surface area contributed by atoms with E-state index < -0.39 is 0 Å². The highest BCUT2D eigenvalue weighted by atomic mass is 32.1. The highest BCUT2D eigenvalue weighted by Gasteiger charge is 2.33. The molecule has 0 radical (unpaired) electrons. The molecule has 128 valence electrons. The Bertz CT molecular complexity index is 894. The van der Waals surface area contributed by atoms with Gasteiger partial charge < -0.3 is 5.32 Å². The summed E-state index contributed by atoms with van der Waals surface area (Å²) in [6.07, 6.45) is 2.89. The fourth-order valence-electron chi connectivity index (χ4n) is 3.15. The molecule has 0 aromatic carbocycles. The number of hydrogen-bond donors (Lipinski definition) is 1. The first kappa shape index (κ1) is 15.9. The fraction of sp³-hybridized carbons (Fsp3) is 0.353. The molecule has 2 aromatic heterocycles. The number of fused-ring (bicyclic) bond motifs is 1. The molecule has 4 rings (SSSR count). The Kier molecular flexibility index (Phi) is 4.04. The van der Waals surface area contributed by atoms with Gasteiger partial charge in [0.15, 0.2) is 0 Å². The number of carbonyl (C=O) groups is 2. The number of aromatic nitrogens is 2. The normalized spacial score (nSPS) is 19.4. The molecular weight excluding hydrogens is 338 g/mol. The number of carbonyl (C=O) groups excluding carboxylic acids is 2. The molecule has 25 heavy (non-hydrogen) atoms. The van der Waals surface area contributed by atoms with Crippen molar-refractivity contribution in [3.63, 3.8) is 0 Å². The van der Waals surface area contributed by atoms with Gasteiger partial charge in [-0.3, -0.25) is 9.59 Å². The van der Waals surface area contributed by atoms with Crippen LogP contribution in [0.15, 0.2) is 33.6 Å². The van der Waals surface area contributed by atoms with Gasteiger partial charge in [0.25, 0.3) is 11.9 Å². The van der Waals surface area contributed by atoms with Crippen molar-refractivity contribution in [2.24, 2.45) is 15.9 Å². The minimum atomic E-state index is -0.169. The van der Waals surface area contributed by atoms with Crippen LogP contribution in [0.25, 0.3) is 0 Å². The molecule has 3 heterocycles. The zero-order chi connectivity index (χ0) is 17.4. The van der Waals surface area contributed by atoms with Crippen LogP contribution in [0.3, 0.4) is 0 Å². The monoisotopic (exact) mass is 355 g/mol. The minimum Gasteiger partial charge on any atom is -0.310 e. The smallest absolute Gasteiger partial charge is 0.257 e. The van der Waals surface area contributed by atoms with E-state index in [4.69, 9.17) is 0 Å². The summed E-state index contributed by atoms with van der Waals surface area (Å²) in [4.78, 5) is 34.1. The molecule has 1 saturated carbocycles. The molecule has 2 amide bonds. The SMILES string of the molecule is Cc1cc(NC(=O)Cc2cccs2)n(C2=NC(=O)C3CCCC3=N2)n1. The first-order valence-corrected chi connectivity index (χ1v) is 9.07. The van der Waals surface area contributed by atoms with Gasteiger partial charge >= 0.3 is 0 Å². The van der Waals surface area contributed by atoms with Gasteiger partial charge in [0.2, 0.25) is 5.91 Å². The van der Waals surface area contributed by atoms with E-state index in [1.54, 1.807) is 6.07 Å². The summed E-state index contributed by atoms with van der Waals surface area (Å²) < 4.78 is 1.45. The van der Waals surface area contributed by atoms with E-state index in [-0.39, 0.29) is 23.7 Å². The van der Waals surface area contributed by atoms with Crippen molar-refractivity contribution >= 4 is 40.6 Å². The lowest BCUT2D eigenvalue weighted by Crippen LogP contribution is -2.29. The van der Waals surface area contributed by atoms with Gasteiger partial charge in [0.05, 0.1) is 18.0 Å². The molecule has 0 saturated heterocycles. The van der Waals surface area contributed by atoms with Gasteiger partial charge in [0, 0.05) is 16.7 Å². The van der Waals surface area contributed by atoms with Crippen LogP contribution < -0.4 is 5.32 Å². The average Bonchev–Trinajstić information content (AvgIpc) is 3.28. The van der Waals surface area contributed by atoms with Gasteiger partial charge in [0.1, 0.15) is 5.82 Å². The van der Waals surface area contributed by atoms with E-state index in [1.807, 2.05) is 24.4 Å². The maximum atomic E-state index is 12.3. The predicted molar refractivity (Wildman–Crippen MR) is 96.2 cm³/mol. The summed E-state index contributed by atoms with van der Waals surface area (Å²) in [7, 11) is 0. The van der Waals surface area contributed by atoms with Gasteiger partial charge in [-0.25, -0.2) is 4.99 Å². The Morgan fingerprint density at radius 1 is 1.44 bits per heavy atom. The summed E-state index contributed by atoms with van der Waals surface area (Å²) >= 11 is 1.54. The molecule has 0 spiro atoms. The van der Waals surface area contributed by atoms with Crippen LogP contribution in [0, 0.1) is 12.8 Å². The maximum Gasteiger partial charge on any atom is 0.257 e. The third-order valence-corrected chi connectivity index (χ3v) is 5.16. The van der Waals surface area contributed by atoms with Crippen LogP contribution in [0.2, 0.25) is 0 Å². The highest BCUT2D eigenvalue weighted by molar-refractivity contribution is 7.10. The van der Waals surface area contributed by atoms with Gasteiger partial charge in [-0.1, -0.05) is 6.07 Å². The lowest BCUT2D eigenvalue weighted by molar-refractivity contribution is -0.119.